The molecule has 3 nitrogen and oxygen atoms in total. The van der Waals surface area contributed by atoms with Crippen LogP contribution in [0.1, 0.15) is 44.9 Å². The minimum Gasteiger partial charge on any atom is -0.497 e. The second-order valence-electron chi connectivity index (χ2n) is 7.59. The Labute approximate surface area is 174 Å². The van der Waals surface area contributed by atoms with Crippen LogP contribution in [0, 0.1) is 27.7 Å². The molecule has 0 aliphatic heterocycles. The molecule has 0 aliphatic rings. The third kappa shape index (κ3) is 4.09. The molecule has 0 N–H and O–H groups in total. The van der Waals surface area contributed by atoms with Crippen LogP contribution in [0.3, 0.4) is 0 Å². The fraction of sp³-hybridized carbons (Fsp3) is 0.308. The standard InChI is InChI=1S/C26H30O3/c1-16-12-17(2)24(23(13-16)28-6)25(20-8-10-22(27-5)11-9-20)21-14-18(3)26(29-7)19(4)15-21/h8-15,25H,1-7H3. The summed E-state index contributed by atoms with van der Waals surface area (Å²) in [5.41, 5.74) is 8.27. The van der Waals surface area contributed by atoms with Gasteiger partial charge in [0.15, 0.2) is 0 Å². The number of ether oxygens (including phenoxy) is 3. The van der Waals surface area contributed by atoms with Crippen LogP contribution in [0.5, 0.6) is 17.2 Å². The summed E-state index contributed by atoms with van der Waals surface area (Å²) in [5.74, 6) is 2.74. The molecule has 3 rings (SSSR count). The van der Waals surface area contributed by atoms with E-state index in [-0.39, 0.29) is 5.92 Å². The first-order valence-corrected chi connectivity index (χ1v) is 9.83. The molecule has 0 spiro atoms. The van der Waals surface area contributed by atoms with E-state index in [0.29, 0.717) is 0 Å². The van der Waals surface area contributed by atoms with Crippen LogP contribution < -0.4 is 14.2 Å². The van der Waals surface area contributed by atoms with Crippen LogP contribution in [0.15, 0.2) is 48.5 Å². The summed E-state index contributed by atoms with van der Waals surface area (Å²) in [6.45, 7) is 8.45. The molecule has 0 amide bonds. The Bertz CT molecular complexity index is 980. The summed E-state index contributed by atoms with van der Waals surface area (Å²) in [7, 11) is 5.16. The molecule has 0 radical (unpaired) electrons. The van der Waals surface area contributed by atoms with Crippen molar-refractivity contribution < 1.29 is 14.2 Å². The zero-order valence-corrected chi connectivity index (χ0v) is 18.4. The first-order valence-electron chi connectivity index (χ1n) is 9.83. The molecule has 1 unspecified atom stereocenters. The highest BCUT2D eigenvalue weighted by atomic mass is 16.5. The Balaban J connectivity index is 2.29. The van der Waals surface area contributed by atoms with Crippen molar-refractivity contribution in [3.05, 3.63) is 87.5 Å². The van der Waals surface area contributed by atoms with Gasteiger partial charge in [0, 0.05) is 11.5 Å². The number of methoxy groups -OCH3 is 3. The van der Waals surface area contributed by atoms with E-state index in [1.807, 2.05) is 12.1 Å². The van der Waals surface area contributed by atoms with E-state index in [1.54, 1.807) is 21.3 Å². The largest absolute Gasteiger partial charge is 0.497 e. The van der Waals surface area contributed by atoms with Crippen LogP contribution >= 0.6 is 0 Å². The fourth-order valence-electron chi connectivity index (χ4n) is 4.27. The number of benzene rings is 3. The van der Waals surface area contributed by atoms with Crippen LogP contribution in [0.4, 0.5) is 0 Å². The van der Waals surface area contributed by atoms with E-state index in [0.717, 1.165) is 28.4 Å². The Morgan fingerprint density at radius 2 is 1.24 bits per heavy atom. The highest BCUT2D eigenvalue weighted by Gasteiger charge is 2.24. The lowest BCUT2D eigenvalue weighted by Crippen LogP contribution is -2.09. The Kier molecular flexibility index (Phi) is 6.17. The molecule has 1 atom stereocenters. The number of rotatable bonds is 6. The van der Waals surface area contributed by atoms with Crippen molar-refractivity contribution in [3.63, 3.8) is 0 Å². The van der Waals surface area contributed by atoms with E-state index in [2.05, 4.69) is 64.1 Å². The van der Waals surface area contributed by atoms with E-state index in [4.69, 9.17) is 14.2 Å². The second kappa shape index (κ2) is 8.60. The predicted molar refractivity (Wildman–Crippen MR) is 119 cm³/mol. The van der Waals surface area contributed by atoms with Gasteiger partial charge in [0.2, 0.25) is 0 Å². The molecule has 0 fully saturated rings. The van der Waals surface area contributed by atoms with Crippen LogP contribution in [-0.4, -0.2) is 21.3 Å². The van der Waals surface area contributed by atoms with E-state index < -0.39 is 0 Å². The van der Waals surface area contributed by atoms with Gasteiger partial charge in [0.25, 0.3) is 0 Å². The lowest BCUT2D eigenvalue weighted by Gasteiger charge is -2.25. The zero-order chi connectivity index (χ0) is 21.1. The number of aryl methyl sites for hydroxylation is 4. The van der Waals surface area contributed by atoms with Gasteiger partial charge in [-0.3, -0.25) is 0 Å². The molecule has 3 aromatic carbocycles. The summed E-state index contributed by atoms with van der Waals surface area (Å²) >= 11 is 0. The van der Waals surface area contributed by atoms with Crippen molar-refractivity contribution in [1.29, 1.82) is 0 Å². The lowest BCUT2D eigenvalue weighted by molar-refractivity contribution is 0.407. The minimum absolute atomic E-state index is 0.0414. The molecule has 3 aromatic rings. The van der Waals surface area contributed by atoms with Crippen molar-refractivity contribution in [1.82, 2.24) is 0 Å². The molecule has 0 saturated heterocycles. The van der Waals surface area contributed by atoms with E-state index in [1.165, 1.54) is 27.8 Å². The number of hydrogen-bond donors (Lipinski definition) is 0. The molecule has 0 bridgehead atoms. The smallest absolute Gasteiger partial charge is 0.124 e. The normalized spacial score (nSPS) is 11.8. The van der Waals surface area contributed by atoms with Gasteiger partial charge in [0.1, 0.15) is 17.2 Å². The fourth-order valence-corrected chi connectivity index (χ4v) is 4.27. The third-order valence-corrected chi connectivity index (χ3v) is 5.47. The maximum Gasteiger partial charge on any atom is 0.124 e. The van der Waals surface area contributed by atoms with Gasteiger partial charge in [-0.15, -0.1) is 0 Å². The van der Waals surface area contributed by atoms with Crippen LogP contribution in [-0.2, 0) is 0 Å². The Morgan fingerprint density at radius 3 is 1.76 bits per heavy atom. The summed E-state index contributed by atoms with van der Waals surface area (Å²) in [6.07, 6.45) is 0. The van der Waals surface area contributed by atoms with E-state index in [9.17, 15) is 0 Å². The first-order chi connectivity index (χ1) is 13.9. The third-order valence-electron chi connectivity index (χ3n) is 5.47. The maximum atomic E-state index is 5.83. The zero-order valence-electron chi connectivity index (χ0n) is 18.4. The van der Waals surface area contributed by atoms with Crippen LogP contribution in [0.25, 0.3) is 0 Å². The second-order valence-corrected chi connectivity index (χ2v) is 7.59. The quantitative estimate of drug-likeness (QED) is 0.474. The summed E-state index contributed by atoms with van der Waals surface area (Å²) in [5, 5.41) is 0. The average Bonchev–Trinajstić information content (AvgIpc) is 2.69. The monoisotopic (exact) mass is 390 g/mol. The molecule has 152 valence electrons. The number of hydrogen-bond acceptors (Lipinski definition) is 3. The minimum atomic E-state index is 0.0414. The van der Waals surface area contributed by atoms with Crippen molar-refractivity contribution >= 4 is 0 Å². The van der Waals surface area contributed by atoms with Crippen molar-refractivity contribution in [2.45, 2.75) is 33.6 Å². The van der Waals surface area contributed by atoms with Gasteiger partial charge < -0.3 is 14.2 Å². The highest BCUT2D eigenvalue weighted by molar-refractivity contribution is 5.56. The van der Waals surface area contributed by atoms with E-state index >= 15 is 0 Å². The molecular weight excluding hydrogens is 360 g/mol. The van der Waals surface area contributed by atoms with Gasteiger partial charge in [-0.05, 0) is 79.3 Å². The summed E-state index contributed by atoms with van der Waals surface area (Å²) in [6, 6.07) is 17.1. The molecule has 0 aromatic heterocycles. The molecule has 29 heavy (non-hydrogen) atoms. The molecule has 3 heteroatoms. The van der Waals surface area contributed by atoms with Crippen LogP contribution in [0.2, 0.25) is 0 Å². The van der Waals surface area contributed by atoms with Crippen molar-refractivity contribution in [2.24, 2.45) is 0 Å². The Hall–Kier alpha value is -2.94. The van der Waals surface area contributed by atoms with Gasteiger partial charge in [-0.1, -0.05) is 30.3 Å². The van der Waals surface area contributed by atoms with Gasteiger partial charge >= 0.3 is 0 Å². The van der Waals surface area contributed by atoms with Crippen molar-refractivity contribution in [2.75, 3.05) is 21.3 Å². The SMILES string of the molecule is COc1ccc(C(c2cc(C)c(OC)c(C)c2)c2c(C)cc(C)cc2OC)cc1. The maximum absolute atomic E-state index is 5.83. The average molecular weight is 391 g/mol. The first kappa shape index (κ1) is 20.8. The highest BCUT2D eigenvalue weighted by Crippen LogP contribution is 2.42. The van der Waals surface area contributed by atoms with Crippen molar-refractivity contribution in [3.8, 4) is 17.2 Å². The molecule has 0 aliphatic carbocycles. The lowest BCUT2D eigenvalue weighted by atomic mass is 9.81. The summed E-state index contributed by atoms with van der Waals surface area (Å²) in [4.78, 5) is 0. The topological polar surface area (TPSA) is 27.7 Å². The molecule has 0 heterocycles. The van der Waals surface area contributed by atoms with Gasteiger partial charge in [-0.25, -0.2) is 0 Å². The van der Waals surface area contributed by atoms with Gasteiger partial charge in [0.05, 0.1) is 21.3 Å². The van der Waals surface area contributed by atoms with Gasteiger partial charge in [-0.2, -0.15) is 0 Å². The Morgan fingerprint density at radius 1 is 0.621 bits per heavy atom. The molecule has 0 saturated carbocycles. The summed E-state index contributed by atoms with van der Waals surface area (Å²) < 4.78 is 16.8. The molecular formula is C26H30O3. The predicted octanol–water partition coefficient (Wildman–Crippen LogP) is 6.13.